The van der Waals surface area contributed by atoms with Gasteiger partial charge >= 0.3 is 5.97 Å². The number of nitrogens with zero attached hydrogens (tertiary/aromatic N) is 5. The van der Waals surface area contributed by atoms with Crippen LogP contribution in [0.2, 0.25) is 0 Å². The first-order valence-corrected chi connectivity index (χ1v) is 11.3. The minimum absolute atomic E-state index is 0.0853. The van der Waals surface area contributed by atoms with E-state index >= 15 is 0 Å². The second-order valence-electron chi connectivity index (χ2n) is 8.55. The van der Waals surface area contributed by atoms with E-state index in [1.807, 2.05) is 6.07 Å². The number of ether oxygens (including phenoxy) is 1. The molecule has 1 fully saturated rings. The first-order chi connectivity index (χ1) is 16.6. The molecule has 0 unspecified atom stereocenters. The van der Waals surface area contributed by atoms with Crippen molar-refractivity contribution < 1.29 is 9.53 Å². The number of rotatable bonds is 5. The van der Waals surface area contributed by atoms with E-state index in [-0.39, 0.29) is 17.3 Å². The van der Waals surface area contributed by atoms with Crippen LogP contribution in [0.25, 0.3) is 16.7 Å². The number of hydrogen-bond donors (Lipinski definition) is 2. The smallest absolute Gasteiger partial charge is 0.356 e. The van der Waals surface area contributed by atoms with Gasteiger partial charge in [0.1, 0.15) is 11.1 Å². The lowest BCUT2D eigenvalue weighted by molar-refractivity contribution is 0.0594. The molecule has 0 bridgehead atoms. The predicted molar refractivity (Wildman–Crippen MR) is 126 cm³/mol. The average Bonchev–Trinajstić information content (AvgIpc) is 3.67. The molecule has 1 saturated carbocycles. The van der Waals surface area contributed by atoms with E-state index in [0.29, 0.717) is 22.7 Å². The summed E-state index contributed by atoms with van der Waals surface area (Å²) in [5.74, 6) is -0.149. The van der Waals surface area contributed by atoms with E-state index < -0.39 is 5.97 Å². The molecule has 0 radical (unpaired) electrons. The molecule has 2 aliphatic rings. The van der Waals surface area contributed by atoms with E-state index in [9.17, 15) is 9.59 Å². The van der Waals surface area contributed by atoms with Gasteiger partial charge in [0.05, 0.1) is 18.8 Å². The van der Waals surface area contributed by atoms with Crippen molar-refractivity contribution in [1.29, 1.82) is 0 Å². The van der Waals surface area contributed by atoms with E-state index in [4.69, 9.17) is 9.72 Å². The zero-order valence-corrected chi connectivity index (χ0v) is 18.6. The maximum atomic E-state index is 13.2. The van der Waals surface area contributed by atoms with Gasteiger partial charge in [-0.05, 0) is 61.2 Å². The molecule has 6 rings (SSSR count). The topological polar surface area (TPSA) is 116 Å². The summed E-state index contributed by atoms with van der Waals surface area (Å²) in [6.07, 6.45) is 5.88. The van der Waals surface area contributed by atoms with Gasteiger partial charge in [-0.1, -0.05) is 6.07 Å². The van der Waals surface area contributed by atoms with Gasteiger partial charge in [-0.3, -0.25) is 4.79 Å². The van der Waals surface area contributed by atoms with Gasteiger partial charge in [-0.15, -0.1) is 0 Å². The number of nitrogens with one attached hydrogen (secondary N) is 2. The van der Waals surface area contributed by atoms with Gasteiger partial charge < -0.3 is 15.4 Å². The Bertz CT molecular complexity index is 1490. The molecule has 10 nitrogen and oxygen atoms in total. The lowest BCUT2D eigenvalue weighted by Crippen LogP contribution is -2.23. The fraction of sp³-hybridized carbons (Fsp3) is 0.292. The number of carbonyl (C=O) groups excluding carboxylic acids is 1. The van der Waals surface area contributed by atoms with Crippen LogP contribution in [0.3, 0.4) is 0 Å². The monoisotopic (exact) mass is 457 g/mol. The Hall–Kier alpha value is -4.05. The minimum Gasteiger partial charge on any atom is -0.464 e. The minimum atomic E-state index is -0.543. The van der Waals surface area contributed by atoms with Crippen LogP contribution in [-0.4, -0.2) is 43.9 Å². The second-order valence-corrected chi connectivity index (χ2v) is 8.55. The molecule has 0 atom stereocenters. The summed E-state index contributed by atoms with van der Waals surface area (Å²) < 4.78 is 8.27. The molecule has 172 valence electrons. The quantitative estimate of drug-likeness (QED) is 0.439. The number of fused-ring (bicyclic) bond motifs is 2. The number of benzene rings is 1. The zero-order valence-electron chi connectivity index (χ0n) is 18.6. The third kappa shape index (κ3) is 3.52. The summed E-state index contributed by atoms with van der Waals surface area (Å²) in [5, 5.41) is 7.08. The van der Waals surface area contributed by atoms with Gasteiger partial charge in [0, 0.05) is 24.6 Å². The molecule has 10 heteroatoms. The molecule has 0 amide bonds. The molecule has 0 saturated heterocycles. The van der Waals surface area contributed by atoms with Crippen molar-refractivity contribution in [2.24, 2.45) is 0 Å². The van der Waals surface area contributed by atoms with Crippen LogP contribution < -0.4 is 16.2 Å². The van der Waals surface area contributed by atoms with Gasteiger partial charge in [0.15, 0.2) is 5.65 Å². The molecular weight excluding hydrogens is 434 g/mol. The number of carbonyl (C=O) groups is 1. The highest BCUT2D eigenvalue weighted by molar-refractivity contribution is 5.88. The van der Waals surface area contributed by atoms with Crippen LogP contribution in [0.15, 0.2) is 47.5 Å². The van der Waals surface area contributed by atoms with Gasteiger partial charge in [-0.25, -0.2) is 24.1 Å². The van der Waals surface area contributed by atoms with E-state index in [1.165, 1.54) is 24.4 Å². The van der Waals surface area contributed by atoms with Crippen LogP contribution >= 0.6 is 0 Å². The molecule has 0 spiro atoms. The largest absolute Gasteiger partial charge is 0.464 e. The summed E-state index contributed by atoms with van der Waals surface area (Å²) in [5.41, 5.74) is 4.58. The highest BCUT2D eigenvalue weighted by Crippen LogP contribution is 2.35. The first kappa shape index (κ1) is 20.5. The lowest BCUT2D eigenvalue weighted by Gasteiger charge is -2.18. The zero-order chi connectivity index (χ0) is 23.2. The van der Waals surface area contributed by atoms with E-state index in [1.54, 1.807) is 27.7 Å². The van der Waals surface area contributed by atoms with Crippen molar-refractivity contribution in [1.82, 2.24) is 29.6 Å². The summed E-state index contributed by atoms with van der Waals surface area (Å²) in [7, 11) is 1.31. The number of esters is 1. The Morgan fingerprint density at radius 3 is 2.88 bits per heavy atom. The molecule has 4 aromatic rings. The molecule has 4 heterocycles. The molecule has 34 heavy (non-hydrogen) atoms. The molecule has 1 aliphatic heterocycles. The maximum absolute atomic E-state index is 13.2. The lowest BCUT2D eigenvalue weighted by atomic mass is 10.0. The molecule has 3 aromatic heterocycles. The van der Waals surface area contributed by atoms with Crippen LogP contribution in [-0.2, 0) is 17.7 Å². The Morgan fingerprint density at radius 1 is 1.18 bits per heavy atom. The predicted octanol–water partition coefficient (Wildman–Crippen LogP) is 2.49. The standard InChI is InChI=1S/C24H23N7O3/c1-34-23(33)20-11-18(7-9-26-20)30-21-19(22(32)31(30)17-4-5-17)13-27-24(29-21)28-16-3-2-15-12-25-8-6-14(15)10-16/h2-3,7,9-11,13,17,25H,4-6,8,12H2,1H3,(H,27,28,29). The molecule has 1 aliphatic carbocycles. The average molecular weight is 457 g/mol. The normalized spacial score (nSPS) is 15.2. The van der Waals surface area contributed by atoms with Gasteiger partial charge in [0.2, 0.25) is 5.95 Å². The number of methoxy groups -OCH3 is 1. The Labute approximate surface area is 194 Å². The summed E-state index contributed by atoms with van der Waals surface area (Å²) in [6, 6.07) is 9.67. The third-order valence-electron chi connectivity index (χ3n) is 6.25. The van der Waals surface area contributed by atoms with Gasteiger partial charge in [-0.2, -0.15) is 4.98 Å². The number of anilines is 2. The number of pyridine rings is 1. The Morgan fingerprint density at radius 2 is 2.06 bits per heavy atom. The number of hydrogen-bond acceptors (Lipinski definition) is 8. The van der Waals surface area contributed by atoms with Crippen molar-refractivity contribution >= 4 is 28.6 Å². The fourth-order valence-electron chi connectivity index (χ4n) is 4.41. The maximum Gasteiger partial charge on any atom is 0.356 e. The van der Waals surface area contributed by atoms with Crippen molar-refractivity contribution in [3.05, 3.63) is 69.9 Å². The number of aromatic nitrogens is 5. The van der Waals surface area contributed by atoms with Crippen LogP contribution in [0.5, 0.6) is 0 Å². The molecular formula is C24H23N7O3. The highest BCUT2D eigenvalue weighted by Gasteiger charge is 2.31. The Kier molecular flexibility index (Phi) is 4.88. The second kappa shape index (κ2) is 8.07. The SMILES string of the molecule is COC(=O)c1cc(-n2c3nc(Nc4ccc5c(c4)CCNC5)ncc3c(=O)n2C2CC2)ccn1. The highest BCUT2D eigenvalue weighted by atomic mass is 16.5. The first-order valence-electron chi connectivity index (χ1n) is 11.3. The van der Waals surface area contributed by atoms with Gasteiger partial charge in [0.25, 0.3) is 5.56 Å². The summed E-state index contributed by atoms with van der Waals surface area (Å²) in [4.78, 5) is 38.5. The summed E-state index contributed by atoms with van der Waals surface area (Å²) >= 11 is 0. The van der Waals surface area contributed by atoms with Crippen LogP contribution in [0.4, 0.5) is 11.6 Å². The van der Waals surface area contributed by atoms with Crippen molar-refractivity contribution in [3.8, 4) is 5.69 Å². The van der Waals surface area contributed by atoms with E-state index in [2.05, 4.69) is 32.7 Å². The van der Waals surface area contributed by atoms with E-state index in [0.717, 1.165) is 38.0 Å². The van der Waals surface area contributed by atoms with Crippen molar-refractivity contribution in [2.45, 2.75) is 31.8 Å². The third-order valence-corrected chi connectivity index (χ3v) is 6.25. The van der Waals surface area contributed by atoms with Crippen molar-refractivity contribution in [2.75, 3.05) is 19.0 Å². The fourth-order valence-corrected chi connectivity index (χ4v) is 4.41. The van der Waals surface area contributed by atoms with Crippen LogP contribution in [0.1, 0.15) is 40.5 Å². The van der Waals surface area contributed by atoms with Crippen molar-refractivity contribution in [3.63, 3.8) is 0 Å². The molecule has 2 N–H and O–H groups in total. The van der Waals surface area contributed by atoms with Crippen LogP contribution in [0, 0.1) is 0 Å². The summed E-state index contributed by atoms with van der Waals surface area (Å²) in [6.45, 7) is 1.83. The Balaban J connectivity index is 1.46. The molecule has 1 aromatic carbocycles.